The lowest BCUT2D eigenvalue weighted by Gasteiger charge is -1.88. The second-order valence-corrected chi connectivity index (χ2v) is 4.05. The molecule has 0 unspecified atom stereocenters. The zero-order chi connectivity index (χ0) is 14.5. The molecule has 0 aromatic rings. The van der Waals surface area contributed by atoms with Crippen molar-refractivity contribution in [2.75, 3.05) is 13.2 Å². The van der Waals surface area contributed by atoms with Crippen molar-refractivity contribution in [3.63, 3.8) is 0 Å². The van der Waals surface area contributed by atoms with Gasteiger partial charge in [0.2, 0.25) is 0 Å². The molecular formula is C4H12O10S3. The maximum Gasteiger partial charge on any atom is 0.397 e. The second kappa shape index (κ2) is 12.0. The van der Waals surface area contributed by atoms with Crippen molar-refractivity contribution in [1.82, 2.24) is 0 Å². The van der Waals surface area contributed by atoms with Crippen molar-refractivity contribution < 1.29 is 42.7 Å². The fraction of sp³-hybridized carbons (Fsp3) is 1.00. The van der Waals surface area contributed by atoms with Gasteiger partial charge in [0.1, 0.15) is 0 Å². The largest absolute Gasteiger partial charge is 0.397 e. The van der Waals surface area contributed by atoms with Crippen molar-refractivity contribution in [3.05, 3.63) is 0 Å². The van der Waals surface area contributed by atoms with E-state index in [1.54, 1.807) is 0 Å². The minimum atomic E-state index is -4.17. The van der Waals surface area contributed by atoms with E-state index in [2.05, 4.69) is 8.37 Å². The molecule has 0 aromatic heterocycles. The molecule has 0 saturated carbocycles. The highest BCUT2D eigenvalue weighted by atomic mass is 32.3. The Balaban J connectivity index is -0.000000188. The van der Waals surface area contributed by atoms with Gasteiger partial charge in [-0.05, 0) is 13.8 Å². The van der Waals surface area contributed by atoms with Crippen LogP contribution in [0.25, 0.3) is 0 Å². The Labute approximate surface area is 102 Å². The van der Waals surface area contributed by atoms with E-state index in [9.17, 15) is 16.8 Å². The summed E-state index contributed by atoms with van der Waals surface area (Å²) in [5, 5.41) is 0. The highest BCUT2D eigenvalue weighted by Gasteiger charge is 1.98. The molecule has 17 heavy (non-hydrogen) atoms. The number of hydrogen-bond acceptors (Lipinski definition) is 8. The van der Waals surface area contributed by atoms with E-state index in [4.69, 9.17) is 17.5 Å². The average Bonchev–Trinajstić information content (AvgIpc) is 2.01. The van der Waals surface area contributed by atoms with Gasteiger partial charge in [0, 0.05) is 0 Å². The first-order chi connectivity index (χ1) is 7.54. The first-order valence-corrected chi connectivity index (χ1v) is 7.09. The zero-order valence-corrected chi connectivity index (χ0v) is 11.2. The van der Waals surface area contributed by atoms with Crippen LogP contribution in [0.1, 0.15) is 13.8 Å². The highest BCUT2D eigenvalue weighted by molar-refractivity contribution is 7.81. The van der Waals surface area contributed by atoms with E-state index < -0.39 is 32.4 Å². The van der Waals surface area contributed by atoms with Crippen LogP contribution in [0.2, 0.25) is 0 Å². The fourth-order valence-corrected chi connectivity index (χ4v) is 0.894. The fourth-order valence-electron chi connectivity index (χ4n) is 0.298. The van der Waals surface area contributed by atoms with E-state index in [1.807, 2.05) is 0 Å². The maximum absolute atomic E-state index is 9.56. The molecule has 0 aliphatic carbocycles. The molecule has 0 spiro atoms. The summed E-state index contributed by atoms with van der Waals surface area (Å²) in [4.78, 5) is 0. The molecule has 0 bridgehead atoms. The van der Waals surface area contributed by atoms with E-state index in [-0.39, 0.29) is 13.2 Å². The van der Waals surface area contributed by atoms with Crippen molar-refractivity contribution in [2.45, 2.75) is 13.8 Å². The van der Waals surface area contributed by atoms with Crippen LogP contribution in [0, 0.1) is 0 Å². The lowest BCUT2D eigenvalue weighted by molar-refractivity contribution is 0.281. The van der Waals surface area contributed by atoms with Gasteiger partial charge in [-0.3, -0.25) is 9.11 Å². The lowest BCUT2D eigenvalue weighted by atomic mass is 10.9. The van der Waals surface area contributed by atoms with Crippen LogP contribution in [0.4, 0.5) is 0 Å². The van der Waals surface area contributed by atoms with Crippen LogP contribution in [0.15, 0.2) is 0 Å². The first-order valence-electron chi connectivity index (χ1n) is 3.69. The van der Waals surface area contributed by atoms with Gasteiger partial charge in [-0.25, -0.2) is 8.37 Å². The van der Waals surface area contributed by atoms with Crippen molar-refractivity contribution in [2.24, 2.45) is 0 Å². The first kappa shape index (κ1) is 21.8. The molecule has 0 radical (unpaired) electrons. The Bertz CT molecular complexity index is 353. The van der Waals surface area contributed by atoms with Crippen LogP contribution in [-0.4, -0.2) is 47.6 Å². The summed E-state index contributed by atoms with van der Waals surface area (Å²) in [6.45, 7) is 2.87. The number of rotatable bonds is 4. The highest BCUT2D eigenvalue weighted by Crippen LogP contribution is 1.81. The lowest BCUT2D eigenvalue weighted by Crippen LogP contribution is -2.01. The van der Waals surface area contributed by atoms with Crippen LogP contribution in [0.5, 0.6) is 0 Å². The molecule has 0 aliphatic rings. The Morgan fingerprint density at radius 3 is 1.06 bits per heavy atom. The summed E-state index contributed by atoms with van der Waals surface area (Å²) >= 11 is -0.750. The minimum Gasteiger partial charge on any atom is -0.264 e. The molecule has 0 aliphatic heterocycles. The average molecular weight is 316 g/mol. The summed E-state index contributed by atoms with van der Waals surface area (Å²) < 4.78 is 77.9. The van der Waals surface area contributed by atoms with Crippen LogP contribution < -0.4 is 0 Å². The third-order valence-electron chi connectivity index (χ3n) is 0.534. The molecule has 0 amide bonds. The minimum absolute atomic E-state index is 0.0289. The van der Waals surface area contributed by atoms with E-state index in [0.29, 0.717) is 0 Å². The molecule has 0 heterocycles. The van der Waals surface area contributed by atoms with Gasteiger partial charge >= 0.3 is 32.4 Å². The molecule has 10 nitrogen and oxygen atoms in total. The van der Waals surface area contributed by atoms with Gasteiger partial charge < -0.3 is 0 Å². The molecule has 0 saturated heterocycles. The summed E-state index contributed by atoms with van der Waals surface area (Å²) in [7, 11) is -8.35. The maximum atomic E-state index is 9.56. The number of hydrogen-bond donors (Lipinski definition) is 2. The van der Waals surface area contributed by atoms with Gasteiger partial charge in [-0.2, -0.15) is 25.3 Å². The molecule has 0 atom stereocenters. The Kier molecular flexibility index (Phi) is 15.4. The predicted octanol–water partition coefficient (Wildman–Crippen LogP) is -1.02. The molecule has 0 aromatic carbocycles. The molecule has 0 rings (SSSR count). The van der Waals surface area contributed by atoms with Crippen LogP contribution >= 0.6 is 0 Å². The van der Waals surface area contributed by atoms with Gasteiger partial charge in [0.15, 0.2) is 0 Å². The Morgan fingerprint density at radius 1 is 0.882 bits per heavy atom. The van der Waals surface area contributed by atoms with Crippen LogP contribution in [-0.2, 0) is 40.7 Å². The zero-order valence-electron chi connectivity index (χ0n) is 8.80. The van der Waals surface area contributed by atoms with Crippen LogP contribution in [0.3, 0.4) is 0 Å². The van der Waals surface area contributed by atoms with E-state index in [0.717, 1.165) is 0 Å². The monoisotopic (exact) mass is 316 g/mol. The van der Waals surface area contributed by atoms with Crippen molar-refractivity contribution >= 4 is 32.4 Å². The third-order valence-corrected chi connectivity index (χ3v) is 1.60. The topological polar surface area (TPSA) is 161 Å². The SMILES string of the molecule is CCOS(=O)(=O)O.CCOS(=O)(=O)O.O=S=O. The van der Waals surface area contributed by atoms with Gasteiger partial charge in [0.05, 0.1) is 13.2 Å². The summed E-state index contributed by atoms with van der Waals surface area (Å²) in [6, 6.07) is 0. The van der Waals surface area contributed by atoms with Gasteiger partial charge in [0.25, 0.3) is 0 Å². The van der Waals surface area contributed by atoms with Gasteiger partial charge in [-0.15, -0.1) is 0 Å². The summed E-state index contributed by atoms with van der Waals surface area (Å²) in [5.41, 5.74) is 0. The van der Waals surface area contributed by atoms with Crippen molar-refractivity contribution in [1.29, 1.82) is 0 Å². The summed E-state index contributed by atoms with van der Waals surface area (Å²) in [5.74, 6) is 0. The molecule has 13 heteroatoms. The normalized spacial score (nSPS) is 10.4. The second-order valence-electron chi connectivity index (χ2n) is 1.74. The van der Waals surface area contributed by atoms with E-state index in [1.165, 1.54) is 13.8 Å². The summed E-state index contributed by atoms with van der Waals surface area (Å²) in [6.07, 6.45) is 0. The molecule has 106 valence electrons. The van der Waals surface area contributed by atoms with Gasteiger partial charge in [-0.1, -0.05) is 0 Å². The standard InChI is InChI=1S/2C2H6O4S.O2S/c2*1-2-6-7(3,4)5;1-3-2/h2*2H2,1H3,(H,3,4,5);. The molecule has 0 fully saturated rings. The molecule has 2 N–H and O–H groups in total. The third kappa shape index (κ3) is 50.1. The Hall–Kier alpha value is -0.440. The Morgan fingerprint density at radius 2 is 1.06 bits per heavy atom. The van der Waals surface area contributed by atoms with E-state index >= 15 is 0 Å². The molecular weight excluding hydrogens is 304 g/mol. The predicted molar refractivity (Wildman–Crippen MR) is 55.3 cm³/mol. The smallest absolute Gasteiger partial charge is 0.264 e. The quantitative estimate of drug-likeness (QED) is 0.614. The van der Waals surface area contributed by atoms with Crippen molar-refractivity contribution in [3.8, 4) is 0 Å².